The Morgan fingerprint density at radius 3 is 2.71 bits per heavy atom. The standard InChI is InChI=1S/C15H20ClN/c1-10(11-3-2-4-11)17-15-8-12-5-6-14(16)7-13(12)9-15/h5-7,10-11,15,17H,2-4,8-9H2,1H3. The van der Waals surface area contributed by atoms with E-state index in [-0.39, 0.29) is 0 Å². The molecule has 1 fully saturated rings. The smallest absolute Gasteiger partial charge is 0.0408 e. The van der Waals surface area contributed by atoms with Crippen molar-refractivity contribution in [1.29, 1.82) is 0 Å². The van der Waals surface area contributed by atoms with Crippen LogP contribution in [0.1, 0.15) is 37.3 Å². The zero-order valence-electron chi connectivity index (χ0n) is 10.4. The van der Waals surface area contributed by atoms with Crippen LogP contribution in [0.5, 0.6) is 0 Å². The molecule has 0 bridgehead atoms. The van der Waals surface area contributed by atoms with Crippen LogP contribution < -0.4 is 5.32 Å². The Morgan fingerprint density at radius 1 is 1.24 bits per heavy atom. The normalized spacial score (nSPS) is 25.4. The number of hydrogen-bond donors (Lipinski definition) is 1. The molecule has 0 saturated heterocycles. The van der Waals surface area contributed by atoms with Gasteiger partial charge in [0.25, 0.3) is 0 Å². The number of nitrogens with one attached hydrogen (secondary N) is 1. The Kier molecular flexibility index (Phi) is 3.14. The van der Waals surface area contributed by atoms with E-state index < -0.39 is 0 Å². The zero-order chi connectivity index (χ0) is 11.8. The first kappa shape index (κ1) is 11.6. The van der Waals surface area contributed by atoms with Crippen molar-refractivity contribution in [2.75, 3.05) is 0 Å². The van der Waals surface area contributed by atoms with Gasteiger partial charge in [-0.1, -0.05) is 24.1 Å². The molecular weight excluding hydrogens is 230 g/mol. The van der Waals surface area contributed by atoms with Crippen molar-refractivity contribution in [3.8, 4) is 0 Å². The minimum Gasteiger partial charge on any atom is -0.311 e. The van der Waals surface area contributed by atoms with E-state index in [0.717, 1.165) is 17.4 Å². The Hall–Kier alpha value is -0.530. The molecule has 2 aliphatic rings. The molecule has 2 aliphatic carbocycles. The number of halogens is 1. The summed E-state index contributed by atoms with van der Waals surface area (Å²) in [5, 5.41) is 4.68. The molecule has 0 aliphatic heterocycles. The monoisotopic (exact) mass is 249 g/mol. The minimum atomic E-state index is 0.624. The van der Waals surface area contributed by atoms with Crippen LogP contribution in [-0.4, -0.2) is 12.1 Å². The topological polar surface area (TPSA) is 12.0 Å². The van der Waals surface area contributed by atoms with Crippen molar-refractivity contribution in [3.05, 3.63) is 34.3 Å². The highest BCUT2D eigenvalue weighted by Gasteiger charge is 2.28. The van der Waals surface area contributed by atoms with Gasteiger partial charge in [-0.2, -0.15) is 0 Å². The summed E-state index contributed by atoms with van der Waals surface area (Å²) in [6, 6.07) is 7.63. The van der Waals surface area contributed by atoms with Crippen LogP contribution in [-0.2, 0) is 12.8 Å². The van der Waals surface area contributed by atoms with Gasteiger partial charge in [0.05, 0.1) is 0 Å². The van der Waals surface area contributed by atoms with E-state index in [1.54, 1.807) is 0 Å². The van der Waals surface area contributed by atoms with Crippen LogP contribution in [0, 0.1) is 5.92 Å². The third kappa shape index (κ3) is 2.36. The third-order valence-corrected chi connectivity index (χ3v) is 4.69. The van der Waals surface area contributed by atoms with Crippen molar-refractivity contribution in [2.45, 2.75) is 51.1 Å². The average molecular weight is 250 g/mol. The van der Waals surface area contributed by atoms with Gasteiger partial charge in [-0.05, 0) is 61.8 Å². The van der Waals surface area contributed by atoms with Gasteiger partial charge >= 0.3 is 0 Å². The van der Waals surface area contributed by atoms with E-state index >= 15 is 0 Å². The molecule has 2 unspecified atom stereocenters. The highest BCUT2D eigenvalue weighted by Crippen LogP contribution is 2.31. The van der Waals surface area contributed by atoms with Gasteiger partial charge in [0.15, 0.2) is 0 Å². The molecule has 92 valence electrons. The maximum atomic E-state index is 6.04. The van der Waals surface area contributed by atoms with E-state index in [1.807, 2.05) is 6.07 Å². The summed E-state index contributed by atoms with van der Waals surface area (Å²) < 4.78 is 0. The van der Waals surface area contributed by atoms with Crippen LogP contribution in [0.4, 0.5) is 0 Å². The fourth-order valence-corrected chi connectivity index (χ4v) is 3.35. The van der Waals surface area contributed by atoms with E-state index in [9.17, 15) is 0 Å². The lowest BCUT2D eigenvalue weighted by Gasteiger charge is -2.33. The second kappa shape index (κ2) is 4.62. The molecule has 2 heteroatoms. The van der Waals surface area contributed by atoms with Gasteiger partial charge in [-0.15, -0.1) is 0 Å². The summed E-state index contributed by atoms with van der Waals surface area (Å²) in [5.74, 6) is 0.919. The van der Waals surface area contributed by atoms with Crippen LogP contribution >= 0.6 is 11.6 Å². The number of rotatable bonds is 3. The summed E-state index contributed by atoms with van der Waals surface area (Å²) >= 11 is 6.04. The lowest BCUT2D eigenvalue weighted by molar-refractivity contribution is 0.227. The number of fused-ring (bicyclic) bond motifs is 1. The number of benzene rings is 1. The summed E-state index contributed by atoms with van der Waals surface area (Å²) in [4.78, 5) is 0. The predicted octanol–water partition coefficient (Wildman–Crippen LogP) is 3.59. The quantitative estimate of drug-likeness (QED) is 0.864. The van der Waals surface area contributed by atoms with Gasteiger partial charge in [-0.3, -0.25) is 0 Å². The van der Waals surface area contributed by atoms with E-state index in [2.05, 4.69) is 24.4 Å². The molecule has 0 radical (unpaired) electrons. The van der Waals surface area contributed by atoms with Gasteiger partial charge < -0.3 is 5.32 Å². The molecule has 3 rings (SSSR count). The third-order valence-electron chi connectivity index (χ3n) is 4.46. The molecule has 0 heterocycles. The SMILES string of the molecule is CC(NC1Cc2ccc(Cl)cc2C1)C1CCC1. The second-order valence-electron chi connectivity index (χ2n) is 5.66. The first-order valence-electron chi connectivity index (χ1n) is 6.76. The fourth-order valence-electron chi connectivity index (χ4n) is 3.15. The molecule has 2 atom stereocenters. The molecule has 1 aromatic carbocycles. The lowest BCUT2D eigenvalue weighted by Crippen LogP contribution is -2.43. The molecule has 0 amide bonds. The van der Waals surface area contributed by atoms with Crippen molar-refractivity contribution in [3.63, 3.8) is 0 Å². The van der Waals surface area contributed by atoms with Crippen LogP contribution in [0.2, 0.25) is 5.02 Å². The Labute approximate surface area is 109 Å². The maximum absolute atomic E-state index is 6.04. The van der Waals surface area contributed by atoms with E-state index in [0.29, 0.717) is 12.1 Å². The van der Waals surface area contributed by atoms with Gasteiger partial charge in [0, 0.05) is 17.1 Å². The van der Waals surface area contributed by atoms with E-state index in [4.69, 9.17) is 11.6 Å². The van der Waals surface area contributed by atoms with Crippen molar-refractivity contribution in [2.24, 2.45) is 5.92 Å². The summed E-state index contributed by atoms with van der Waals surface area (Å²) in [6.45, 7) is 2.35. The van der Waals surface area contributed by atoms with Gasteiger partial charge in [-0.25, -0.2) is 0 Å². The highest BCUT2D eigenvalue weighted by molar-refractivity contribution is 6.30. The molecule has 1 saturated carbocycles. The van der Waals surface area contributed by atoms with Crippen molar-refractivity contribution < 1.29 is 0 Å². The molecular formula is C15H20ClN. The Morgan fingerprint density at radius 2 is 2.00 bits per heavy atom. The average Bonchev–Trinajstić information content (AvgIpc) is 2.55. The first-order valence-corrected chi connectivity index (χ1v) is 7.13. The predicted molar refractivity (Wildman–Crippen MR) is 72.6 cm³/mol. The second-order valence-corrected chi connectivity index (χ2v) is 6.10. The molecule has 0 spiro atoms. The molecule has 17 heavy (non-hydrogen) atoms. The molecule has 1 aromatic rings. The molecule has 1 N–H and O–H groups in total. The lowest BCUT2D eigenvalue weighted by atomic mass is 9.80. The Bertz CT molecular complexity index is 411. The van der Waals surface area contributed by atoms with Crippen LogP contribution in [0.3, 0.4) is 0 Å². The van der Waals surface area contributed by atoms with Crippen LogP contribution in [0.15, 0.2) is 18.2 Å². The molecule has 1 nitrogen and oxygen atoms in total. The summed E-state index contributed by atoms with van der Waals surface area (Å²) in [5.41, 5.74) is 2.92. The highest BCUT2D eigenvalue weighted by atomic mass is 35.5. The minimum absolute atomic E-state index is 0.624. The Balaban J connectivity index is 1.61. The molecule has 0 aromatic heterocycles. The number of hydrogen-bond acceptors (Lipinski definition) is 1. The summed E-state index contributed by atoms with van der Waals surface area (Å²) in [7, 11) is 0. The summed E-state index contributed by atoms with van der Waals surface area (Å²) in [6.07, 6.45) is 6.58. The van der Waals surface area contributed by atoms with Gasteiger partial charge in [0.1, 0.15) is 0 Å². The largest absolute Gasteiger partial charge is 0.311 e. The first-order chi connectivity index (χ1) is 8.22. The zero-order valence-corrected chi connectivity index (χ0v) is 11.1. The van der Waals surface area contributed by atoms with Crippen molar-refractivity contribution in [1.82, 2.24) is 5.32 Å². The maximum Gasteiger partial charge on any atom is 0.0408 e. The van der Waals surface area contributed by atoms with E-state index in [1.165, 1.54) is 36.8 Å². The van der Waals surface area contributed by atoms with Crippen LogP contribution in [0.25, 0.3) is 0 Å². The van der Waals surface area contributed by atoms with Gasteiger partial charge in [0.2, 0.25) is 0 Å². The van der Waals surface area contributed by atoms with Crippen molar-refractivity contribution >= 4 is 11.6 Å². The fraction of sp³-hybridized carbons (Fsp3) is 0.600.